The molecule has 0 spiro atoms. The van der Waals surface area contributed by atoms with Crippen LogP contribution in [0.2, 0.25) is 0 Å². The molecule has 0 radical (unpaired) electrons. The summed E-state index contributed by atoms with van der Waals surface area (Å²) in [7, 11) is -0.493. The van der Waals surface area contributed by atoms with Crippen LogP contribution in [-0.2, 0) is 4.57 Å². The zero-order valence-corrected chi connectivity index (χ0v) is 8.63. The van der Waals surface area contributed by atoms with Crippen LogP contribution in [0.25, 0.3) is 0 Å². The first kappa shape index (κ1) is 9.11. The summed E-state index contributed by atoms with van der Waals surface area (Å²) in [6, 6.07) is 0. The summed E-state index contributed by atoms with van der Waals surface area (Å²) in [6.07, 6.45) is 5.15. The van der Waals surface area contributed by atoms with Crippen molar-refractivity contribution in [3.05, 3.63) is 23.5 Å². The minimum absolute atomic E-state index is 0.226. The van der Waals surface area contributed by atoms with E-state index in [1.54, 1.807) is 25.2 Å². The molecule has 11 heavy (non-hydrogen) atoms. The van der Waals surface area contributed by atoms with Gasteiger partial charge in [0, 0.05) is 0 Å². The largest absolute Gasteiger partial charge is 0.384 e. The molecule has 0 amide bonds. The van der Waals surface area contributed by atoms with Crippen molar-refractivity contribution in [3.63, 3.8) is 0 Å². The van der Waals surface area contributed by atoms with E-state index in [0.29, 0.717) is 0 Å². The van der Waals surface area contributed by atoms with Gasteiger partial charge < -0.3 is 5.11 Å². The van der Waals surface area contributed by atoms with Crippen LogP contribution >= 0.6 is 24.4 Å². The molecule has 60 valence electrons. The second-order valence-corrected chi connectivity index (χ2v) is 4.37. The number of hydrogen-bond donors (Lipinski definition) is 1. The molecule has 1 N–H and O–H groups in total. The second-order valence-electron chi connectivity index (χ2n) is 2.67. The van der Waals surface area contributed by atoms with Crippen LogP contribution in [0.3, 0.4) is 0 Å². The average Bonchev–Trinajstić information content (AvgIpc) is 1.95. The van der Waals surface area contributed by atoms with Gasteiger partial charge in [-0.2, -0.15) is 0 Å². The van der Waals surface area contributed by atoms with Crippen LogP contribution in [0.15, 0.2) is 23.5 Å². The normalized spacial score (nSPS) is 37.4. The molecule has 0 saturated carbocycles. The quantitative estimate of drug-likeness (QED) is 0.558. The van der Waals surface area contributed by atoms with Crippen molar-refractivity contribution in [2.45, 2.75) is 17.4 Å². The van der Waals surface area contributed by atoms with Crippen LogP contribution in [0.4, 0.5) is 0 Å². The molecule has 3 atom stereocenters. The fourth-order valence-corrected chi connectivity index (χ4v) is 2.06. The van der Waals surface area contributed by atoms with Crippen LogP contribution in [-0.4, -0.2) is 15.5 Å². The van der Waals surface area contributed by atoms with E-state index in [-0.39, 0.29) is 4.83 Å². The maximum absolute atomic E-state index is 10.6. The highest BCUT2D eigenvalue weighted by molar-refractivity contribution is 9.09. The van der Waals surface area contributed by atoms with E-state index < -0.39 is 14.1 Å². The molecule has 0 aliphatic heterocycles. The number of allylic oxidation sites excluding steroid dienone is 2. The predicted octanol–water partition coefficient (Wildman–Crippen LogP) is 1.98. The van der Waals surface area contributed by atoms with E-state index in [4.69, 9.17) is 0 Å². The first-order valence-corrected chi connectivity index (χ1v) is 5.04. The maximum Gasteiger partial charge on any atom is 0.360 e. The van der Waals surface area contributed by atoms with Crippen LogP contribution in [0, 0.1) is 0 Å². The zero-order valence-electron chi connectivity index (χ0n) is 6.04. The van der Waals surface area contributed by atoms with Gasteiger partial charge in [0.25, 0.3) is 0 Å². The summed E-state index contributed by atoms with van der Waals surface area (Å²) in [6.45, 7) is 1.68. The summed E-state index contributed by atoms with van der Waals surface area (Å²) >= 11 is 3.27. The molecular weight excluding hydrogens is 227 g/mol. The van der Waals surface area contributed by atoms with Gasteiger partial charge >= 0.3 is 8.46 Å². The highest BCUT2D eigenvalue weighted by Gasteiger charge is 2.35. The maximum atomic E-state index is 10.6. The number of rotatable bonds is 1. The number of aliphatic hydroxyl groups is 1. The zero-order chi connectivity index (χ0) is 8.48. The van der Waals surface area contributed by atoms with Crippen molar-refractivity contribution in [1.29, 1.82) is 0 Å². The fourth-order valence-electron chi connectivity index (χ4n) is 0.916. The molecule has 0 aromatic heterocycles. The van der Waals surface area contributed by atoms with E-state index in [1.165, 1.54) is 0 Å². The average molecular weight is 236 g/mol. The van der Waals surface area contributed by atoms with Gasteiger partial charge in [-0.05, 0) is 13.0 Å². The van der Waals surface area contributed by atoms with Gasteiger partial charge in [0.15, 0.2) is 5.31 Å². The Hall–Kier alpha value is 0.0200. The lowest BCUT2D eigenvalue weighted by Gasteiger charge is -2.24. The van der Waals surface area contributed by atoms with Crippen molar-refractivity contribution in [2.75, 3.05) is 0 Å². The lowest BCUT2D eigenvalue weighted by molar-refractivity contribution is 0.120. The Morgan fingerprint density at radius 3 is 2.91 bits per heavy atom. The summed E-state index contributed by atoms with van der Waals surface area (Å²) in [5.74, 6) is 0. The molecule has 0 bridgehead atoms. The molecule has 0 fully saturated rings. The Labute approximate surface area is 75.3 Å². The minimum atomic E-state index is -0.915. The van der Waals surface area contributed by atoms with Gasteiger partial charge in [0.1, 0.15) is 10.4 Å². The molecule has 0 heterocycles. The third-order valence-electron chi connectivity index (χ3n) is 1.61. The Morgan fingerprint density at radius 1 is 1.82 bits per heavy atom. The second kappa shape index (κ2) is 3.18. The van der Waals surface area contributed by atoms with Crippen molar-refractivity contribution in [3.8, 4) is 0 Å². The number of halogens is 1. The van der Waals surface area contributed by atoms with E-state index in [2.05, 4.69) is 15.9 Å². The number of alkyl halides is 1. The third-order valence-corrected chi connectivity index (χ3v) is 4.15. The SMILES string of the molecule is CC1(O)C=CC=C([PH+]=O)C1Br. The lowest BCUT2D eigenvalue weighted by atomic mass is 9.98. The molecule has 1 aliphatic rings. The van der Waals surface area contributed by atoms with E-state index >= 15 is 0 Å². The van der Waals surface area contributed by atoms with E-state index in [9.17, 15) is 9.67 Å². The minimum Gasteiger partial charge on any atom is -0.384 e. The Morgan fingerprint density at radius 2 is 2.45 bits per heavy atom. The molecule has 2 nitrogen and oxygen atoms in total. The molecule has 1 aliphatic carbocycles. The van der Waals surface area contributed by atoms with Gasteiger partial charge in [-0.3, -0.25) is 0 Å². The van der Waals surface area contributed by atoms with Crippen LogP contribution in [0.5, 0.6) is 0 Å². The first-order chi connectivity index (χ1) is 5.08. The smallest absolute Gasteiger partial charge is 0.360 e. The molecule has 0 aromatic rings. The van der Waals surface area contributed by atoms with Gasteiger partial charge in [0.2, 0.25) is 0 Å². The summed E-state index contributed by atoms with van der Waals surface area (Å²) in [5, 5.41) is 10.4. The van der Waals surface area contributed by atoms with Crippen LogP contribution < -0.4 is 0 Å². The summed E-state index contributed by atoms with van der Waals surface area (Å²) < 4.78 is 10.6. The van der Waals surface area contributed by atoms with Crippen molar-refractivity contribution in [2.24, 2.45) is 0 Å². The third kappa shape index (κ3) is 1.78. The first-order valence-electron chi connectivity index (χ1n) is 3.22. The lowest BCUT2D eigenvalue weighted by Crippen LogP contribution is -2.34. The summed E-state index contributed by atoms with van der Waals surface area (Å²) in [5.41, 5.74) is -0.915. The van der Waals surface area contributed by atoms with Crippen LogP contribution in [0.1, 0.15) is 6.92 Å². The van der Waals surface area contributed by atoms with Gasteiger partial charge in [0.05, 0.1) is 0 Å². The molecule has 0 saturated heterocycles. The van der Waals surface area contributed by atoms with Gasteiger partial charge in [-0.1, -0.05) is 32.6 Å². The predicted molar refractivity (Wildman–Crippen MR) is 49.6 cm³/mol. The van der Waals surface area contributed by atoms with E-state index in [1.807, 2.05) is 0 Å². The molecule has 1 rings (SSSR count). The Bertz CT molecular complexity index is 233. The highest BCUT2D eigenvalue weighted by Crippen LogP contribution is 2.34. The Kier molecular flexibility index (Phi) is 2.63. The topological polar surface area (TPSA) is 37.3 Å². The number of hydrogen-bond acceptors (Lipinski definition) is 2. The van der Waals surface area contributed by atoms with Gasteiger partial charge in [-0.15, -0.1) is 0 Å². The van der Waals surface area contributed by atoms with Crippen molar-refractivity contribution < 1.29 is 9.67 Å². The summed E-state index contributed by atoms with van der Waals surface area (Å²) in [4.78, 5) is -0.226. The molecular formula is C7H9BrO2P+. The standard InChI is InChI=1S/C7H8BrO2P/c1-7(9)4-2-3-5(11-10)6(7)8/h2-4,6,9H,1H3/p+1. The Balaban J connectivity index is 2.94. The molecule has 0 aromatic carbocycles. The van der Waals surface area contributed by atoms with E-state index in [0.717, 1.165) is 5.31 Å². The fraction of sp³-hybridized carbons (Fsp3) is 0.429. The molecule has 3 unspecified atom stereocenters. The van der Waals surface area contributed by atoms with Crippen molar-refractivity contribution >= 4 is 24.4 Å². The molecule has 4 heteroatoms. The monoisotopic (exact) mass is 235 g/mol. The van der Waals surface area contributed by atoms with Crippen molar-refractivity contribution in [1.82, 2.24) is 0 Å². The van der Waals surface area contributed by atoms with Gasteiger partial charge in [-0.25, -0.2) is 0 Å². The highest BCUT2D eigenvalue weighted by atomic mass is 79.9.